The van der Waals surface area contributed by atoms with Crippen molar-refractivity contribution in [2.45, 2.75) is 12.3 Å². The number of aryl methyl sites for hydroxylation is 1. The fourth-order valence-corrected chi connectivity index (χ4v) is 2.90. The maximum Gasteiger partial charge on any atom is 0.226 e. The van der Waals surface area contributed by atoms with E-state index < -0.39 is 0 Å². The van der Waals surface area contributed by atoms with Gasteiger partial charge in [0.2, 0.25) is 5.91 Å². The Morgan fingerprint density at radius 3 is 2.83 bits per heavy atom. The number of amides is 1. The summed E-state index contributed by atoms with van der Waals surface area (Å²) in [6, 6.07) is 9.82. The Labute approximate surface area is 131 Å². The van der Waals surface area contributed by atoms with Gasteiger partial charge in [-0.1, -0.05) is 0 Å². The van der Waals surface area contributed by atoms with Crippen molar-refractivity contribution in [1.82, 2.24) is 9.78 Å². The Balaban J connectivity index is 1.72. The van der Waals surface area contributed by atoms with Gasteiger partial charge in [-0.3, -0.25) is 9.48 Å². The van der Waals surface area contributed by atoms with Gasteiger partial charge >= 0.3 is 0 Å². The van der Waals surface area contributed by atoms with Gasteiger partial charge in [0.15, 0.2) is 0 Å². The molecule has 1 unspecified atom stereocenters. The number of rotatable bonds is 2. The third-order valence-corrected chi connectivity index (χ3v) is 4.09. The zero-order valence-corrected chi connectivity index (χ0v) is 12.4. The van der Waals surface area contributed by atoms with E-state index in [9.17, 15) is 9.18 Å². The first-order valence-electron chi connectivity index (χ1n) is 7.29. The Hall–Kier alpha value is -2.89. The van der Waals surface area contributed by atoms with E-state index in [4.69, 9.17) is 4.42 Å². The minimum atomic E-state index is -0.288. The molecule has 1 aliphatic heterocycles. The normalized spacial score (nSPS) is 17.0. The van der Waals surface area contributed by atoms with Crippen molar-refractivity contribution >= 4 is 11.7 Å². The first-order valence-corrected chi connectivity index (χ1v) is 7.29. The summed E-state index contributed by atoms with van der Waals surface area (Å²) in [5.74, 6) is 1.53. The third-order valence-electron chi connectivity index (χ3n) is 4.09. The van der Waals surface area contributed by atoms with Crippen LogP contribution in [0.4, 0.5) is 10.2 Å². The molecule has 1 amide bonds. The molecule has 4 rings (SSSR count). The van der Waals surface area contributed by atoms with Gasteiger partial charge in [0.1, 0.15) is 23.2 Å². The van der Waals surface area contributed by atoms with Crippen LogP contribution in [-0.2, 0) is 11.8 Å². The number of hydrogen-bond donors (Lipinski definition) is 1. The van der Waals surface area contributed by atoms with Crippen molar-refractivity contribution < 1.29 is 13.6 Å². The highest BCUT2D eigenvalue weighted by Gasteiger charge is 2.31. The van der Waals surface area contributed by atoms with Crippen LogP contribution in [0.1, 0.15) is 23.7 Å². The lowest BCUT2D eigenvalue weighted by atomic mass is 9.92. The molecule has 0 spiro atoms. The third kappa shape index (κ3) is 2.32. The fourth-order valence-electron chi connectivity index (χ4n) is 2.90. The van der Waals surface area contributed by atoms with Gasteiger partial charge in [0, 0.05) is 24.6 Å². The number of aromatic nitrogens is 2. The number of fused-ring (bicyclic) bond motifs is 1. The largest absolute Gasteiger partial charge is 0.460 e. The second kappa shape index (κ2) is 5.08. The molecule has 0 saturated carbocycles. The molecule has 3 heterocycles. The molecule has 1 aliphatic rings. The SMILES string of the molecule is Cn1ncc2c1NC(=O)CC2c1ccc(-c2ccc(F)cc2)o1. The molecular formula is C17H14FN3O2. The summed E-state index contributed by atoms with van der Waals surface area (Å²) in [7, 11) is 1.79. The van der Waals surface area contributed by atoms with Crippen molar-refractivity contribution in [3.63, 3.8) is 0 Å². The monoisotopic (exact) mass is 311 g/mol. The summed E-state index contributed by atoms with van der Waals surface area (Å²) >= 11 is 0. The van der Waals surface area contributed by atoms with E-state index in [1.807, 2.05) is 12.1 Å². The zero-order valence-electron chi connectivity index (χ0n) is 12.4. The van der Waals surface area contributed by atoms with Crippen molar-refractivity contribution in [2.75, 3.05) is 5.32 Å². The molecular weight excluding hydrogens is 297 g/mol. The van der Waals surface area contributed by atoms with Gasteiger partial charge in [-0.25, -0.2) is 4.39 Å². The van der Waals surface area contributed by atoms with E-state index in [1.165, 1.54) is 12.1 Å². The minimum absolute atomic E-state index is 0.0640. The zero-order chi connectivity index (χ0) is 16.0. The highest BCUT2D eigenvalue weighted by Crippen LogP contribution is 2.38. The molecule has 0 aliphatic carbocycles. The first kappa shape index (κ1) is 13.8. The smallest absolute Gasteiger partial charge is 0.226 e. The Morgan fingerprint density at radius 2 is 2.04 bits per heavy atom. The number of benzene rings is 1. The highest BCUT2D eigenvalue weighted by molar-refractivity contribution is 5.94. The van der Waals surface area contributed by atoms with Crippen molar-refractivity contribution in [1.29, 1.82) is 0 Å². The number of carbonyl (C=O) groups is 1. The molecule has 0 fully saturated rings. The molecule has 1 aromatic carbocycles. The van der Waals surface area contributed by atoms with Crippen molar-refractivity contribution in [3.05, 3.63) is 59.7 Å². The minimum Gasteiger partial charge on any atom is -0.460 e. The average Bonchev–Trinajstić information content (AvgIpc) is 3.16. The highest BCUT2D eigenvalue weighted by atomic mass is 19.1. The van der Waals surface area contributed by atoms with Gasteiger partial charge in [0.05, 0.1) is 12.1 Å². The molecule has 0 saturated heterocycles. The summed E-state index contributed by atoms with van der Waals surface area (Å²) < 4.78 is 20.6. The van der Waals surface area contributed by atoms with Crippen LogP contribution in [0.2, 0.25) is 0 Å². The number of anilines is 1. The van der Waals surface area contributed by atoms with E-state index in [0.717, 1.165) is 11.1 Å². The van der Waals surface area contributed by atoms with E-state index in [-0.39, 0.29) is 17.6 Å². The summed E-state index contributed by atoms with van der Waals surface area (Å²) in [6.45, 7) is 0. The van der Waals surface area contributed by atoms with Gasteiger partial charge in [-0.15, -0.1) is 0 Å². The number of furan rings is 1. The van der Waals surface area contributed by atoms with Crippen molar-refractivity contribution in [2.24, 2.45) is 7.05 Å². The second-order valence-electron chi connectivity index (χ2n) is 5.59. The van der Waals surface area contributed by atoms with Crippen LogP contribution in [-0.4, -0.2) is 15.7 Å². The summed E-state index contributed by atoms with van der Waals surface area (Å²) in [6.07, 6.45) is 2.06. The maximum atomic E-state index is 13.0. The molecule has 3 aromatic rings. The average molecular weight is 311 g/mol. The van der Waals surface area contributed by atoms with Crippen molar-refractivity contribution in [3.8, 4) is 11.3 Å². The van der Waals surface area contributed by atoms with Gasteiger partial charge in [-0.2, -0.15) is 5.10 Å². The number of hydrogen-bond acceptors (Lipinski definition) is 3. The second-order valence-corrected chi connectivity index (χ2v) is 5.59. The molecule has 116 valence electrons. The Bertz CT molecular complexity index is 880. The van der Waals surface area contributed by atoms with E-state index in [2.05, 4.69) is 10.4 Å². The lowest BCUT2D eigenvalue weighted by molar-refractivity contribution is -0.116. The lowest BCUT2D eigenvalue weighted by Crippen LogP contribution is -2.24. The molecule has 1 atom stereocenters. The molecule has 0 bridgehead atoms. The standard InChI is InChI=1S/C17H14FN3O2/c1-21-17-13(9-19-21)12(8-16(22)20-17)15-7-6-14(23-15)10-2-4-11(18)5-3-10/h2-7,9,12H,8H2,1H3,(H,20,22). The molecule has 2 aromatic heterocycles. The van der Waals surface area contributed by atoms with Crippen LogP contribution in [0.5, 0.6) is 0 Å². The van der Waals surface area contributed by atoms with Crippen LogP contribution >= 0.6 is 0 Å². The summed E-state index contributed by atoms with van der Waals surface area (Å²) in [4.78, 5) is 11.9. The Morgan fingerprint density at radius 1 is 1.26 bits per heavy atom. The molecule has 5 nitrogen and oxygen atoms in total. The summed E-state index contributed by atoms with van der Waals surface area (Å²) in [5.41, 5.74) is 1.73. The van der Waals surface area contributed by atoms with E-state index in [1.54, 1.807) is 30.1 Å². The van der Waals surface area contributed by atoms with E-state index >= 15 is 0 Å². The van der Waals surface area contributed by atoms with Crippen LogP contribution in [0, 0.1) is 5.82 Å². The van der Waals surface area contributed by atoms with Gasteiger partial charge < -0.3 is 9.73 Å². The van der Waals surface area contributed by atoms with E-state index in [0.29, 0.717) is 23.8 Å². The van der Waals surface area contributed by atoms with Crippen LogP contribution in [0.3, 0.4) is 0 Å². The molecule has 23 heavy (non-hydrogen) atoms. The number of halogens is 1. The van der Waals surface area contributed by atoms with Gasteiger partial charge in [0.25, 0.3) is 0 Å². The predicted molar refractivity (Wildman–Crippen MR) is 82.4 cm³/mol. The number of carbonyl (C=O) groups excluding carboxylic acids is 1. The maximum absolute atomic E-state index is 13.0. The van der Waals surface area contributed by atoms with Gasteiger partial charge in [-0.05, 0) is 36.4 Å². The first-order chi connectivity index (χ1) is 11.1. The quantitative estimate of drug-likeness (QED) is 0.790. The van der Waals surface area contributed by atoms with Crippen LogP contribution < -0.4 is 5.32 Å². The predicted octanol–water partition coefficient (Wildman–Crippen LogP) is 3.29. The Kier molecular flexibility index (Phi) is 3.04. The fraction of sp³-hybridized carbons (Fsp3) is 0.176. The lowest BCUT2D eigenvalue weighted by Gasteiger charge is -2.21. The van der Waals surface area contributed by atoms with Crippen LogP contribution in [0.25, 0.3) is 11.3 Å². The number of nitrogens with one attached hydrogen (secondary N) is 1. The number of nitrogens with zero attached hydrogens (tertiary/aromatic N) is 2. The topological polar surface area (TPSA) is 60.1 Å². The van der Waals surface area contributed by atoms with Crippen LogP contribution in [0.15, 0.2) is 47.0 Å². The molecule has 1 N–H and O–H groups in total. The summed E-state index contributed by atoms with van der Waals surface area (Å²) in [5, 5.41) is 7.03. The molecule has 6 heteroatoms. The molecule has 0 radical (unpaired) electrons.